The average Bonchev–Trinajstić information content (AvgIpc) is 2.78. The standard InChI is InChI=1S/C13H21N3O3S/c1-2-19-13(18)9-12-16(11(17)10-20-12)8-7-15-5-3-14-4-6-15/h9,14H,2-8,10H2,1H3/b12-9-. The summed E-state index contributed by atoms with van der Waals surface area (Å²) in [7, 11) is 0. The molecule has 2 saturated heterocycles. The summed E-state index contributed by atoms with van der Waals surface area (Å²) < 4.78 is 4.90. The van der Waals surface area contributed by atoms with Crippen LogP contribution in [0, 0.1) is 0 Å². The number of ether oxygens (including phenoxy) is 1. The van der Waals surface area contributed by atoms with Gasteiger partial charge in [0.1, 0.15) is 0 Å². The Balaban J connectivity index is 1.89. The molecule has 0 unspecified atom stereocenters. The summed E-state index contributed by atoms with van der Waals surface area (Å²) in [5, 5.41) is 4.01. The molecule has 2 heterocycles. The molecule has 2 aliphatic heterocycles. The lowest BCUT2D eigenvalue weighted by Crippen LogP contribution is -2.46. The van der Waals surface area contributed by atoms with Crippen LogP contribution in [0.15, 0.2) is 11.1 Å². The van der Waals surface area contributed by atoms with Crippen molar-refractivity contribution in [2.75, 3.05) is 51.6 Å². The van der Waals surface area contributed by atoms with Gasteiger partial charge in [0.05, 0.1) is 23.5 Å². The molecule has 20 heavy (non-hydrogen) atoms. The third kappa shape index (κ3) is 4.22. The van der Waals surface area contributed by atoms with Gasteiger partial charge in [-0.05, 0) is 6.92 Å². The zero-order valence-corrected chi connectivity index (χ0v) is 12.6. The van der Waals surface area contributed by atoms with Crippen LogP contribution in [0.3, 0.4) is 0 Å². The highest BCUT2D eigenvalue weighted by Gasteiger charge is 2.27. The van der Waals surface area contributed by atoms with Crippen molar-refractivity contribution in [3.8, 4) is 0 Å². The van der Waals surface area contributed by atoms with Crippen molar-refractivity contribution >= 4 is 23.6 Å². The Morgan fingerprint density at radius 2 is 2.15 bits per heavy atom. The molecule has 0 saturated carbocycles. The number of piperazine rings is 1. The number of nitrogens with zero attached hydrogens (tertiary/aromatic N) is 2. The number of carbonyl (C=O) groups is 2. The average molecular weight is 299 g/mol. The lowest BCUT2D eigenvalue weighted by atomic mass is 10.3. The third-order valence-corrected chi connectivity index (χ3v) is 4.31. The van der Waals surface area contributed by atoms with E-state index in [2.05, 4.69) is 10.2 Å². The lowest BCUT2D eigenvalue weighted by Gasteiger charge is -2.29. The molecule has 112 valence electrons. The van der Waals surface area contributed by atoms with Gasteiger partial charge in [-0.2, -0.15) is 0 Å². The first kappa shape index (κ1) is 15.3. The van der Waals surface area contributed by atoms with Gasteiger partial charge >= 0.3 is 5.97 Å². The van der Waals surface area contributed by atoms with Crippen molar-refractivity contribution in [2.24, 2.45) is 0 Å². The highest BCUT2D eigenvalue weighted by atomic mass is 32.2. The highest BCUT2D eigenvalue weighted by molar-refractivity contribution is 8.04. The molecule has 0 spiro atoms. The SMILES string of the molecule is CCOC(=O)/C=C1\SCC(=O)N1CCN1CCNCC1. The van der Waals surface area contributed by atoms with Gasteiger partial charge in [0.25, 0.3) is 0 Å². The molecule has 2 aliphatic rings. The van der Waals surface area contributed by atoms with Crippen LogP contribution in [-0.2, 0) is 14.3 Å². The fourth-order valence-electron chi connectivity index (χ4n) is 2.23. The molecule has 0 aromatic carbocycles. The number of nitrogens with one attached hydrogen (secondary N) is 1. The Bertz CT molecular complexity index is 394. The Labute approximate surface area is 123 Å². The van der Waals surface area contributed by atoms with Crippen LogP contribution in [0.2, 0.25) is 0 Å². The molecule has 0 aliphatic carbocycles. The highest BCUT2D eigenvalue weighted by Crippen LogP contribution is 2.28. The third-order valence-electron chi connectivity index (χ3n) is 3.29. The van der Waals surface area contributed by atoms with Crippen molar-refractivity contribution in [2.45, 2.75) is 6.92 Å². The van der Waals surface area contributed by atoms with Gasteiger partial charge in [0.2, 0.25) is 5.91 Å². The molecule has 2 rings (SSSR count). The summed E-state index contributed by atoms with van der Waals surface area (Å²) in [6.07, 6.45) is 1.43. The number of thioether (sulfide) groups is 1. The molecule has 7 heteroatoms. The largest absolute Gasteiger partial charge is 0.463 e. The van der Waals surface area contributed by atoms with E-state index in [0.717, 1.165) is 32.7 Å². The van der Waals surface area contributed by atoms with Crippen LogP contribution < -0.4 is 5.32 Å². The maximum atomic E-state index is 11.9. The van der Waals surface area contributed by atoms with Crippen LogP contribution in [0.25, 0.3) is 0 Å². The predicted molar refractivity (Wildman–Crippen MR) is 78.2 cm³/mol. The predicted octanol–water partition coefficient (Wildman–Crippen LogP) is -0.128. The molecule has 0 radical (unpaired) electrons. The van der Waals surface area contributed by atoms with Crippen molar-refractivity contribution in [3.05, 3.63) is 11.1 Å². The molecule has 0 aromatic rings. The molecule has 1 N–H and O–H groups in total. The molecule has 0 atom stereocenters. The van der Waals surface area contributed by atoms with E-state index in [9.17, 15) is 9.59 Å². The van der Waals surface area contributed by atoms with Gasteiger partial charge in [-0.25, -0.2) is 4.79 Å². The minimum absolute atomic E-state index is 0.0701. The minimum atomic E-state index is -0.378. The van der Waals surface area contributed by atoms with Gasteiger partial charge in [-0.3, -0.25) is 9.69 Å². The first-order valence-electron chi connectivity index (χ1n) is 6.95. The summed E-state index contributed by atoms with van der Waals surface area (Å²) in [6.45, 7) is 7.60. The molecular formula is C13H21N3O3S. The van der Waals surface area contributed by atoms with E-state index in [1.807, 2.05) is 0 Å². The van der Waals surface area contributed by atoms with Crippen molar-refractivity contribution < 1.29 is 14.3 Å². The molecule has 0 bridgehead atoms. The second-order valence-electron chi connectivity index (χ2n) is 4.66. The molecule has 2 fully saturated rings. The minimum Gasteiger partial charge on any atom is -0.463 e. The fraction of sp³-hybridized carbons (Fsp3) is 0.692. The second-order valence-corrected chi connectivity index (χ2v) is 5.66. The van der Waals surface area contributed by atoms with Crippen LogP contribution in [0.5, 0.6) is 0 Å². The van der Waals surface area contributed by atoms with Crippen molar-refractivity contribution in [1.82, 2.24) is 15.1 Å². The first-order chi connectivity index (χ1) is 9.70. The zero-order valence-electron chi connectivity index (χ0n) is 11.8. The monoisotopic (exact) mass is 299 g/mol. The van der Waals surface area contributed by atoms with E-state index in [1.54, 1.807) is 11.8 Å². The lowest BCUT2D eigenvalue weighted by molar-refractivity contribution is -0.137. The van der Waals surface area contributed by atoms with Crippen molar-refractivity contribution in [3.63, 3.8) is 0 Å². The number of carbonyl (C=O) groups excluding carboxylic acids is 2. The Morgan fingerprint density at radius 1 is 1.40 bits per heavy atom. The number of rotatable bonds is 5. The van der Waals surface area contributed by atoms with E-state index >= 15 is 0 Å². The quantitative estimate of drug-likeness (QED) is 0.564. The first-order valence-corrected chi connectivity index (χ1v) is 7.94. The Kier molecular flexibility index (Phi) is 5.87. The van der Waals surface area contributed by atoms with E-state index in [-0.39, 0.29) is 11.9 Å². The van der Waals surface area contributed by atoms with E-state index in [0.29, 0.717) is 23.9 Å². The summed E-state index contributed by atoms with van der Waals surface area (Å²) in [4.78, 5) is 27.4. The maximum Gasteiger partial charge on any atom is 0.333 e. The van der Waals surface area contributed by atoms with Gasteiger partial charge in [-0.15, -0.1) is 0 Å². The Hall–Kier alpha value is -1.05. The van der Waals surface area contributed by atoms with Crippen LogP contribution in [0.1, 0.15) is 6.92 Å². The summed E-state index contributed by atoms with van der Waals surface area (Å²) in [5.74, 6) is 0.102. The normalized spacial score (nSPS) is 22.6. The van der Waals surface area contributed by atoms with Crippen LogP contribution in [0.4, 0.5) is 0 Å². The van der Waals surface area contributed by atoms with E-state index < -0.39 is 0 Å². The zero-order chi connectivity index (χ0) is 14.4. The molecule has 6 nitrogen and oxygen atoms in total. The van der Waals surface area contributed by atoms with Crippen LogP contribution in [-0.4, -0.2) is 73.3 Å². The fourth-order valence-corrected chi connectivity index (χ4v) is 3.19. The molecule has 1 amide bonds. The Morgan fingerprint density at radius 3 is 2.85 bits per heavy atom. The van der Waals surface area contributed by atoms with Crippen molar-refractivity contribution in [1.29, 1.82) is 0 Å². The number of hydrogen-bond acceptors (Lipinski definition) is 6. The van der Waals surface area contributed by atoms with Crippen LogP contribution >= 0.6 is 11.8 Å². The number of hydrogen-bond donors (Lipinski definition) is 1. The van der Waals surface area contributed by atoms with E-state index in [4.69, 9.17) is 4.74 Å². The van der Waals surface area contributed by atoms with E-state index in [1.165, 1.54) is 17.8 Å². The maximum absolute atomic E-state index is 11.9. The topological polar surface area (TPSA) is 61.9 Å². The molecule has 0 aromatic heterocycles. The summed E-state index contributed by atoms with van der Waals surface area (Å²) >= 11 is 1.41. The van der Waals surface area contributed by atoms with Gasteiger partial charge < -0.3 is 15.0 Å². The molecular weight excluding hydrogens is 278 g/mol. The number of amides is 1. The number of esters is 1. The summed E-state index contributed by atoms with van der Waals surface area (Å²) in [5.41, 5.74) is 0. The smallest absolute Gasteiger partial charge is 0.333 e. The van der Waals surface area contributed by atoms with Gasteiger partial charge in [-0.1, -0.05) is 11.8 Å². The summed E-state index contributed by atoms with van der Waals surface area (Å²) in [6, 6.07) is 0. The van der Waals surface area contributed by atoms with Gasteiger partial charge in [0, 0.05) is 39.3 Å². The van der Waals surface area contributed by atoms with Gasteiger partial charge in [0.15, 0.2) is 0 Å². The second kappa shape index (κ2) is 7.66.